The van der Waals surface area contributed by atoms with E-state index in [1.54, 1.807) is 25.3 Å². The minimum Gasteiger partial charge on any atom is -0.491 e. The van der Waals surface area contributed by atoms with Gasteiger partial charge in [0, 0.05) is 51.4 Å². The van der Waals surface area contributed by atoms with Crippen molar-refractivity contribution in [2.45, 2.75) is 40.2 Å². The zero-order valence-electron chi connectivity index (χ0n) is 29.1. The molecule has 1 aliphatic rings. The highest BCUT2D eigenvalue weighted by molar-refractivity contribution is 7.16. The number of hydrogen-bond donors (Lipinski definition) is 2. The lowest BCUT2D eigenvalue weighted by atomic mass is 10.1. The van der Waals surface area contributed by atoms with E-state index in [1.807, 2.05) is 48.6 Å². The van der Waals surface area contributed by atoms with Crippen LogP contribution in [0.4, 0.5) is 11.4 Å². The minimum absolute atomic E-state index is 0.157. The number of allylic oxidation sites excluding steroid dienone is 1. The normalized spacial score (nSPS) is 14.1. The molecular weight excluding hydrogens is 659 g/mol. The Bertz CT molecular complexity index is 1920. The van der Waals surface area contributed by atoms with Crippen molar-refractivity contribution in [3.05, 3.63) is 69.8 Å². The number of nitrogens with zero attached hydrogens (tertiary/aromatic N) is 7. The monoisotopic (exact) mass is 703 g/mol. The minimum atomic E-state index is -0.576. The van der Waals surface area contributed by atoms with E-state index in [1.165, 1.54) is 11.3 Å². The average molecular weight is 704 g/mol. The summed E-state index contributed by atoms with van der Waals surface area (Å²) >= 11 is 1.39. The summed E-state index contributed by atoms with van der Waals surface area (Å²) in [4.78, 5) is 48.1. The summed E-state index contributed by atoms with van der Waals surface area (Å²) in [5.41, 5.74) is 9.45. The lowest BCUT2D eigenvalue weighted by Gasteiger charge is -2.28. The van der Waals surface area contributed by atoms with Gasteiger partial charge in [0.1, 0.15) is 11.4 Å². The number of anilines is 1. The number of benzene rings is 1. The summed E-state index contributed by atoms with van der Waals surface area (Å²) < 4.78 is 20.2. The molecule has 0 radical (unpaired) electrons. The van der Waals surface area contributed by atoms with Gasteiger partial charge in [-0.1, -0.05) is 30.4 Å². The smallest absolute Gasteiger partial charge is 0.317 e. The molecule has 0 spiro atoms. The first kappa shape index (κ1) is 36.6. The summed E-state index contributed by atoms with van der Waals surface area (Å²) in [5, 5.41) is 3.22. The largest absolute Gasteiger partial charge is 0.491 e. The van der Waals surface area contributed by atoms with Crippen LogP contribution in [0.25, 0.3) is 10.3 Å². The predicted molar refractivity (Wildman–Crippen MR) is 195 cm³/mol. The number of oxazole rings is 1. The van der Waals surface area contributed by atoms with Crippen LogP contribution in [0.15, 0.2) is 50.9 Å². The molecule has 0 aliphatic carbocycles. The third-order valence-corrected chi connectivity index (χ3v) is 9.14. The molecule has 3 N–H and O–H groups in total. The molecule has 15 heteroatoms. The number of pyridine rings is 1. The Balaban J connectivity index is 1.40. The number of aliphatic imine (C=N–C) groups is 1. The SMILES string of the molecule is C=Nc1cc(C(N)=O)cc(OCCCN2CCOCC2)c1N(C/C=C/Cn1c(=NC(=O)c2oc(C)nc2CC)sc2cc(C)cnc21)CNC. The van der Waals surface area contributed by atoms with Gasteiger partial charge in [0.2, 0.25) is 11.7 Å². The Labute approximate surface area is 295 Å². The Hall–Kier alpha value is -4.70. The van der Waals surface area contributed by atoms with Crippen LogP contribution < -0.4 is 25.5 Å². The van der Waals surface area contributed by atoms with Gasteiger partial charge in [-0.2, -0.15) is 4.99 Å². The number of thiazole rings is 1. The second-order valence-electron chi connectivity index (χ2n) is 11.8. The molecule has 4 heterocycles. The molecule has 1 fully saturated rings. The number of amides is 2. The van der Waals surface area contributed by atoms with Crippen molar-refractivity contribution in [2.75, 3.05) is 64.6 Å². The van der Waals surface area contributed by atoms with Gasteiger partial charge in [-0.3, -0.25) is 24.0 Å². The number of carbonyl (C=O) groups excluding carboxylic acids is 2. The number of hydrogen-bond acceptors (Lipinski definition) is 12. The molecule has 2 amide bonds. The van der Waals surface area contributed by atoms with Gasteiger partial charge in [0.15, 0.2) is 16.3 Å². The molecule has 1 aromatic carbocycles. The number of morpholine rings is 1. The third kappa shape index (κ3) is 8.90. The summed E-state index contributed by atoms with van der Waals surface area (Å²) in [7, 11) is 1.85. The van der Waals surface area contributed by atoms with Crippen LogP contribution in [0, 0.1) is 13.8 Å². The standard InChI is InChI=1S/C35H45N9O5S/c1-6-26-31(49-24(3)40-26)34(46)41-35-44(33-29(50-35)18-23(2)21-39-33)12-8-7-11-43(22-37-4)30-27(38-5)19-25(32(36)45)20-28(30)48-15-9-10-42-13-16-47-17-14-42/h7-8,18-21,37H,5-6,9-17,22H2,1-4H3,(H2,36,45)/b8-7+,41-35?. The average Bonchev–Trinajstić information content (AvgIpc) is 3.66. The zero-order chi connectivity index (χ0) is 35.6. The van der Waals surface area contributed by atoms with E-state index in [-0.39, 0.29) is 5.76 Å². The van der Waals surface area contributed by atoms with E-state index in [2.05, 4.69) is 36.9 Å². The van der Waals surface area contributed by atoms with Crippen molar-refractivity contribution in [3.63, 3.8) is 0 Å². The quantitative estimate of drug-likeness (QED) is 0.0759. The molecule has 50 heavy (non-hydrogen) atoms. The van der Waals surface area contributed by atoms with Gasteiger partial charge in [-0.05, 0) is 57.3 Å². The van der Waals surface area contributed by atoms with Crippen LogP contribution >= 0.6 is 11.3 Å². The number of aryl methyl sites for hydroxylation is 3. The molecule has 4 aromatic rings. The van der Waals surface area contributed by atoms with Crippen LogP contribution in [0.1, 0.15) is 51.4 Å². The summed E-state index contributed by atoms with van der Waals surface area (Å²) in [6.07, 6.45) is 7.17. The highest BCUT2D eigenvalue weighted by Gasteiger charge is 2.21. The van der Waals surface area contributed by atoms with E-state index in [4.69, 9.17) is 19.6 Å². The fourth-order valence-electron chi connectivity index (χ4n) is 5.71. The predicted octanol–water partition coefficient (Wildman–Crippen LogP) is 3.78. The van der Waals surface area contributed by atoms with E-state index in [0.717, 1.165) is 55.2 Å². The maximum Gasteiger partial charge on any atom is 0.317 e. The van der Waals surface area contributed by atoms with Gasteiger partial charge in [-0.25, -0.2) is 9.97 Å². The van der Waals surface area contributed by atoms with E-state index < -0.39 is 11.8 Å². The summed E-state index contributed by atoms with van der Waals surface area (Å²) in [6.45, 7) is 15.3. The van der Waals surface area contributed by atoms with Crippen LogP contribution in [0.3, 0.4) is 0 Å². The number of primary amides is 1. The van der Waals surface area contributed by atoms with E-state index >= 15 is 0 Å². The maximum absolute atomic E-state index is 13.3. The highest BCUT2D eigenvalue weighted by Crippen LogP contribution is 2.39. The lowest BCUT2D eigenvalue weighted by molar-refractivity contribution is 0.0358. The first-order valence-corrected chi connectivity index (χ1v) is 17.5. The van der Waals surface area contributed by atoms with Crippen molar-refractivity contribution in [1.82, 2.24) is 24.8 Å². The molecule has 14 nitrogen and oxygen atoms in total. The second-order valence-corrected chi connectivity index (χ2v) is 12.8. The zero-order valence-corrected chi connectivity index (χ0v) is 29.9. The van der Waals surface area contributed by atoms with E-state index in [9.17, 15) is 9.59 Å². The Kier molecular flexibility index (Phi) is 12.7. The van der Waals surface area contributed by atoms with Crippen LogP contribution in [-0.2, 0) is 17.7 Å². The molecule has 1 saturated heterocycles. The lowest BCUT2D eigenvalue weighted by Crippen LogP contribution is -2.37. The number of aromatic nitrogens is 3. The number of nitrogens with two attached hydrogens (primary N) is 1. The molecule has 0 saturated carbocycles. The maximum atomic E-state index is 13.3. The highest BCUT2D eigenvalue weighted by atomic mass is 32.1. The number of nitrogens with one attached hydrogen (secondary N) is 1. The first-order chi connectivity index (χ1) is 24.2. The topological polar surface area (TPSA) is 166 Å². The molecule has 1 aliphatic heterocycles. The fourth-order valence-corrected chi connectivity index (χ4v) is 6.80. The van der Waals surface area contributed by atoms with Gasteiger partial charge in [-0.15, -0.1) is 0 Å². The van der Waals surface area contributed by atoms with Crippen molar-refractivity contribution in [2.24, 2.45) is 15.7 Å². The van der Waals surface area contributed by atoms with Gasteiger partial charge >= 0.3 is 5.91 Å². The number of rotatable bonds is 16. The second kappa shape index (κ2) is 17.3. The Morgan fingerprint density at radius 3 is 2.74 bits per heavy atom. The molecule has 266 valence electrons. The van der Waals surface area contributed by atoms with Gasteiger partial charge < -0.3 is 29.8 Å². The van der Waals surface area contributed by atoms with Gasteiger partial charge in [0.25, 0.3) is 0 Å². The van der Waals surface area contributed by atoms with Crippen molar-refractivity contribution in [1.29, 1.82) is 0 Å². The fraction of sp³-hybridized carbons (Fsp3) is 0.429. The van der Waals surface area contributed by atoms with Crippen LogP contribution in [-0.4, -0.2) is 97.7 Å². The molecule has 5 rings (SSSR count). The first-order valence-electron chi connectivity index (χ1n) is 16.7. The third-order valence-electron chi connectivity index (χ3n) is 8.12. The Morgan fingerprint density at radius 2 is 2.02 bits per heavy atom. The van der Waals surface area contributed by atoms with Crippen molar-refractivity contribution in [3.8, 4) is 5.75 Å². The summed E-state index contributed by atoms with van der Waals surface area (Å²) in [6, 6.07) is 5.33. The van der Waals surface area contributed by atoms with Crippen LogP contribution in [0.5, 0.6) is 5.75 Å². The van der Waals surface area contributed by atoms with Gasteiger partial charge in [0.05, 0.1) is 42.6 Å². The molecule has 3 aromatic heterocycles. The molecule has 0 bridgehead atoms. The van der Waals surface area contributed by atoms with Crippen molar-refractivity contribution >= 4 is 51.6 Å². The van der Waals surface area contributed by atoms with Crippen LogP contribution in [0.2, 0.25) is 0 Å². The van der Waals surface area contributed by atoms with E-state index in [0.29, 0.717) is 71.9 Å². The number of carbonyl (C=O) groups is 2. The Morgan fingerprint density at radius 1 is 1.22 bits per heavy atom. The molecule has 0 atom stereocenters. The number of ether oxygens (including phenoxy) is 2. The molecule has 0 unspecified atom stereocenters. The summed E-state index contributed by atoms with van der Waals surface area (Å²) in [5.74, 6) is 0.0273. The van der Waals surface area contributed by atoms with Crippen molar-refractivity contribution < 1.29 is 23.5 Å². The molecular formula is C35H45N9O5S. The number of fused-ring (bicyclic) bond motifs is 1.